The number of aliphatic carboxylic acids is 1. The fraction of sp³-hybridized carbons (Fsp3) is 0.609. The molecule has 32 heavy (non-hydrogen) atoms. The third kappa shape index (κ3) is 14.2. The lowest BCUT2D eigenvalue weighted by atomic mass is 10.1. The summed E-state index contributed by atoms with van der Waals surface area (Å²) in [6.07, 6.45) is 2.53. The van der Waals surface area contributed by atoms with E-state index in [2.05, 4.69) is 16.0 Å². The molecule has 0 saturated heterocycles. The molecule has 180 valence electrons. The van der Waals surface area contributed by atoms with Crippen molar-refractivity contribution in [2.24, 2.45) is 0 Å². The second-order valence-electron chi connectivity index (χ2n) is 8.48. The number of rotatable bonds is 14. The van der Waals surface area contributed by atoms with Crippen LogP contribution in [0.5, 0.6) is 0 Å². The van der Waals surface area contributed by atoms with Crippen molar-refractivity contribution in [2.45, 2.75) is 71.1 Å². The van der Waals surface area contributed by atoms with E-state index in [4.69, 9.17) is 9.47 Å². The van der Waals surface area contributed by atoms with E-state index in [0.717, 1.165) is 31.4 Å². The molecule has 0 fully saturated rings. The monoisotopic (exact) mass is 451 g/mol. The average Bonchev–Trinajstić information content (AvgIpc) is 2.72. The molecule has 0 saturated carbocycles. The van der Waals surface area contributed by atoms with E-state index in [-0.39, 0.29) is 6.61 Å². The Morgan fingerprint density at radius 1 is 0.938 bits per heavy atom. The molecule has 2 amide bonds. The number of alkyl carbamates (subject to hydrolysis) is 2. The minimum atomic E-state index is -1.08. The van der Waals surface area contributed by atoms with Gasteiger partial charge < -0.3 is 30.5 Å². The topological polar surface area (TPSA) is 126 Å². The van der Waals surface area contributed by atoms with E-state index in [1.807, 2.05) is 51.1 Å². The third-order valence-corrected chi connectivity index (χ3v) is 4.35. The number of carbonyl (C=O) groups excluding carboxylic acids is 2. The highest BCUT2D eigenvalue weighted by Gasteiger charge is 2.20. The van der Waals surface area contributed by atoms with Crippen LogP contribution in [0.3, 0.4) is 0 Å². The number of nitrogens with one attached hydrogen (secondary N) is 3. The number of benzene rings is 1. The Morgan fingerprint density at radius 3 is 2.25 bits per heavy atom. The molecule has 0 heterocycles. The minimum Gasteiger partial charge on any atom is -0.480 e. The van der Waals surface area contributed by atoms with Crippen LogP contribution in [0.2, 0.25) is 0 Å². The van der Waals surface area contributed by atoms with E-state index in [1.165, 1.54) is 0 Å². The Bertz CT molecular complexity index is 691. The van der Waals surface area contributed by atoms with Crippen LogP contribution in [0.15, 0.2) is 30.3 Å². The quantitative estimate of drug-likeness (QED) is 0.319. The van der Waals surface area contributed by atoms with Gasteiger partial charge in [0.1, 0.15) is 18.2 Å². The number of ether oxygens (including phenoxy) is 2. The van der Waals surface area contributed by atoms with Crippen molar-refractivity contribution in [1.82, 2.24) is 16.0 Å². The van der Waals surface area contributed by atoms with Crippen molar-refractivity contribution >= 4 is 18.2 Å². The van der Waals surface area contributed by atoms with Crippen LogP contribution in [0.25, 0.3) is 0 Å². The lowest BCUT2D eigenvalue weighted by Crippen LogP contribution is -2.41. The smallest absolute Gasteiger partial charge is 0.408 e. The SMILES string of the molecule is CC(C)(C)OC(=O)NCCCCCNCCC[C@H](NC(=O)OCc1ccccc1)C(=O)O. The molecular weight excluding hydrogens is 414 g/mol. The first-order valence-corrected chi connectivity index (χ1v) is 11.0. The van der Waals surface area contributed by atoms with Crippen molar-refractivity contribution < 1.29 is 29.0 Å². The Morgan fingerprint density at radius 2 is 1.59 bits per heavy atom. The van der Waals surface area contributed by atoms with E-state index in [9.17, 15) is 19.5 Å². The molecule has 0 aromatic heterocycles. The lowest BCUT2D eigenvalue weighted by molar-refractivity contribution is -0.139. The molecule has 1 rings (SSSR count). The van der Waals surface area contributed by atoms with Crippen molar-refractivity contribution in [2.75, 3.05) is 19.6 Å². The maximum absolute atomic E-state index is 11.9. The highest BCUT2D eigenvalue weighted by Crippen LogP contribution is 2.06. The molecule has 9 nitrogen and oxygen atoms in total. The van der Waals surface area contributed by atoms with Crippen LogP contribution in [0.4, 0.5) is 9.59 Å². The summed E-state index contributed by atoms with van der Waals surface area (Å²) in [6.45, 7) is 7.59. The highest BCUT2D eigenvalue weighted by molar-refractivity contribution is 5.79. The first-order chi connectivity index (χ1) is 15.2. The summed E-state index contributed by atoms with van der Waals surface area (Å²) >= 11 is 0. The number of carboxylic acids is 1. The fourth-order valence-corrected chi connectivity index (χ4v) is 2.78. The second kappa shape index (κ2) is 15.1. The van der Waals surface area contributed by atoms with E-state index in [0.29, 0.717) is 25.9 Å². The molecule has 0 aliphatic heterocycles. The van der Waals surface area contributed by atoms with Crippen LogP contribution in [-0.2, 0) is 20.9 Å². The Labute approximate surface area is 190 Å². The summed E-state index contributed by atoms with van der Waals surface area (Å²) in [6, 6.07) is 8.20. The maximum Gasteiger partial charge on any atom is 0.408 e. The van der Waals surface area contributed by atoms with Gasteiger partial charge in [-0.1, -0.05) is 36.8 Å². The minimum absolute atomic E-state index is 0.0911. The summed E-state index contributed by atoms with van der Waals surface area (Å²) in [5.74, 6) is -1.08. The van der Waals surface area contributed by atoms with Crippen molar-refractivity contribution in [3.8, 4) is 0 Å². The Balaban J connectivity index is 2.06. The summed E-state index contributed by atoms with van der Waals surface area (Å²) in [7, 11) is 0. The summed E-state index contributed by atoms with van der Waals surface area (Å²) in [5.41, 5.74) is 0.338. The van der Waals surface area contributed by atoms with Gasteiger partial charge in [0.15, 0.2) is 0 Å². The molecule has 1 atom stereocenters. The van der Waals surface area contributed by atoms with Gasteiger partial charge >= 0.3 is 18.2 Å². The van der Waals surface area contributed by atoms with Crippen molar-refractivity contribution in [3.05, 3.63) is 35.9 Å². The van der Waals surface area contributed by atoms with E-state index >= 15 is 0 Å². The number of unbranched alkanes of at least 4 members (excludes halogenated alkanes) is 2. The van der Waals surface area contributed by atoms with Gasteiger partial charge in [0.2, 0.25) is 0 Å². The molecule has 0 unspecified atom stereocenters. The molecule has 0 aliphatic carbocycles. The summed E-state index contributed by atoms with van der Waals surface area (Å²) in [5, 5.41) is 17.7. The van der Waals surface area contributed by atoms with Gasteiger partial charge in [0.25, 0.3) is 0 Å². The van der Waals surface area contributed by atoms with Gasteiger partial charge in [-0.25, -0.2) is 14.4 Å². The summed E-state index contributed by atoms with van der Waals surface area (Å²) < 4.78 is 10.2. The van der Waals surface area contributed by atoms with Gasteiger partial charge in [-0.05, 0) is 65.1 Å². The van der Waals surface area contributed by atoms with Crippen LogP contribution in [0, 0.1) is 0 Å². The third-order valence-electron chi connectivity index (χ3n) is 4.35. The molecule has 9 heteroatoms. The second-order valence-corrected chi connectivity index (χ2v) is 8.48. The Hall–Kier alpha value is -2.81. The lowest BCUT2D eigenvalue weighted by Gasteiger charge is -2.19. The summed E-state index contributed by atoms with van der Waals surface area (Å²) in [4.78, 5) is 34.7. The number of amides is 2. The molecule has 0 bridgehead atoms. The molecule has 0 spiro atoms. The molecule has 1 aromatic carbocycles. The van der Waals surface area contributed by atoms with E-state index < -0.39 is 29.8 Å². The largest absolute Gasteiger partial charge is 0.480 e. The van der Waals surface area contributed by atoms with Gasteiger partial charge in [-0.2, -0.15) is 0 Å². The van der Waals surface area contributed by atoms with E-state index in [1.54, 1.807) is 0 Å². The normalized spacial score (nSPS) is 12.0. The first kappa shape index (κ1) is 27.2. The zero-order valence-electron chi connectivity index (χ0n) is 19.3. The zero-order valence-corrected chi connectivity index (χ0v) is 19.3. The molecule has 0 aliphatic rings. The highest BCUT2D eigenvalue weighted by atomic mass is 16.6. The molecular formula is C23H37N3O6. The fourth-order valence-electron chi connectivity index (χ4n) is 2.78. The van der Waals surface area contributed by atoms with Crippen LogP contribution < -0.4 is 16.0 Å². The van der Waals surface area contributed by atoms with Gasteiger partial charge in [0, 0.05) is 6.54 Å². The van der Waals surface area contributed by atoms with Gasteiger partial charge in [-0.15, -0.1) is 0 Å². The first-order valence-electron chi connectivity index (χ1n) is 11.0. The Kier molecular flexibility index (Phi) is 12.8. The molecule has 4 N–H and O–H groups in total. The molecule has 0 radical (unpaired) electrons. The van der Waals surface area contributed by atoms with Crippen molar-refractivity contribution in [1.29, 1.82) is 0 Å². The van der Waals surface area contributed by atoms with Crippen LogP contribution >= 0.6 is 0 Å². The predicted molar refractivity (Wildman–Crippen MR) is 121 cm³/mol. The zero-order chi connectivity index (χ0) is 23.8. The maximum atomic E-state index is 11.9. The predicted octanol–water partition coefficient (Wildman–Crippen LogP) is 3.43. The number of carboxylic acid groups (broad SMARTS) is 1. The van der Waals surface area contributed by atoms with Gasteiger partial charge in [0.05, 0.1) is 0 Å². The van der Waals surface area contributed by atoms with Gasteiger partial charge in [-0.3, -0.25) is 0 Å². The van der Waals surface area contributed by atoms with Crippen LogP contribution in [-0.4, -0.2) is 54.5 Å². The number of hydrogen-bond donors (Lipinski definition) is 4. The average molecular weight is 452 g/mol. The molecule has 1 aromatic rings. The van der Waals surface area contributed by atoms with Crippen molar-refractivity contribution in [3.63, 3.8) is 0 Å². The van der Waals surface area contributed by atoms with Crippen LogP contribution in [0.1, 0.15) is 58.4 Å². The standard InChI is InChI=1S/C23H37N3O6/c1-23(2,3)32-21(29)25-16-9-5-8-14-24-15-10-13-19(20(27)28)26-22(30)31-17-18-11-6-4-7-12-18/h4,6-7,11-12,19,24H,5,8-10,13-17H2,1-3H3,(H,25,29)(H,26,30)(H,27,28)/t19-/m0/s1. The number of hydrogen-bond acceptors (Lipinski definition) is 6. The number of carbonyl (C=O) groups is 3.